The van der Waals surface area contributed by atoms with Gasteiger partial charge in [-0.15, -0.1) is 0 Å². The highest BCUT2D eigenvalue weighted by atomic mass is 16.4. The number of carboxylic acid groups (broad SMARTS) is 1. The summed E-state index contributed by atoms with van der Waals surface area (Å²) in [6, 6.07) is 2.87. The van der Waals surface area contributed by atoms with Crippen molar-refractivity contribution in [2.75, 3.05) is 13.6 Å². The molecule has 0 unspecified atom stereocenters. The topological polar surface area (TPSA) is 70.5 Å². The summed E-state index contributed by atoms with van der Waals surface area (Å²) in [5.74, 6) is -0.850. The summed E-state index contributed by atoms with van der Waals surface area (Å²) in [5.41, 5.74) is 0.755. The molecule has 0 aliphatic heterocycles. The van der Waals surface area contributed by atoms with Gasteiger partial charge in [-0.3, -0.25) is 4.79 Å². The molecule has 0 spiro atoms. The summed E-state index contributed by atoms with van der Waals surface area (Å²) in [6.45, 7) is 6.27. The standard InChI is InChI=1S/C13H18N2O3/c1-8(2)7-15(4)12(16)11-6-5-10(13(17)18)9(3)14-11/h5-6,8H,7H2,1-4H3,(H,17,18). The molecule has 1 N–H and O–H groups in total. The van der Waals surface area contributed by atoms with E-state index in [9.17, 15) is 9.59 Å². The summed E-state index contributed by atoms with van der Waals surface area (Å²) in [5, 5.41) is 8.89. The predicted molar refractivity (Wildman–Crippen MR) is 67.7 cm³/mol. The van der Waals surface area contributed by atoms with E-state index in [-0.39, 0.29) is 17.2 Å². The van der Waals surface area contributed by atoms with Gasteiger partial charge in [0.25, 0.3) is 5.91 Å². The fourth-order valence-corrected chi connectivity index (χ4v) is 1.73. The third-order valence-electron chi connectivity index (χ3n) is 2.52. The van der Waals surface area contributed by atoms with Crippen LogP contribution in [0.25, 0.3) is 0 Å². The number of pyridine rings is 1. The highest BCUT2D eigenvalue weighted by molar-refractivity contribution is 5.94. The van der Waals surface area contributed by atoms with Crippen LogP contribution in [0.15, 0.2) is 12.1 Å². The molecule has 1 heterocycles. The highest BCUT2D eigenvalue weighted by Gasteiger charge is 2.16. The van der Waals surface area contributed by atoms with Gasteiger partial charge in [-0.2, -0.15) is 0 Å². The van der Waals surface area contributed by atoms with Gasteiger partial charge in [-0.1, -0.05) is 13.8 Å². The molecule has 0 radical (unpaired) electrons. The molecule has 0 aliphatic carbocycles. The number of carbonyl (C=O) groups is 2. The Morgan fingerprint density at radius 2 is 2.00 bits per heavy atom. The Labute approximate surface area is 106 Å². The van der Waals surface area contributed by atoms with E-state index in [1.807, 2.05) is 13.8 Å². The Kier molecular flexibility index (Phi) is 4.42. The number of aromatic nitrogens is 1. The smallest absolute Gasteiger partial charge is 0.337 e. The van der Waals surface area contributed by atoms with Crippen molar-refractivity contribution in [3.05, 3.63) is 29.1 Å². The van der Waals surface area contributed by atoms with Gasteiger partial charge in [0.1, 0.15) is 5.69 Å². The number of carbonyl (C=O) groups excluding carboxylic acids is 1. The third kappa shape index (κ3) is 3.29. The minimum Gasteiger partial charge on any atom is -0.478 e. The van der Waals surface area contributed by atoms with E-state index < -0.39 is 5.97 Å². The molecule has 1 aromatic rings. The monoisotopic (exact) mass is 250 g/mol. The molecule has 0 saturated carbocycles. The van der Waals surface area contributed by atoms with Gasteiger partial charge < -0.3 is 10.0 Å². The number of carboxylic acids is 1. The number of aromatic carboxylic acids is 1. The molecule has 0 fully saturated rings. The van der Waals surface area contributed by atoms with Crippen molar-refractivity contribution in [1.29, 1.82) is 0 Å². The van der Waals surface area contributed by atoms with Gasteiger partial charge >= 0.3 is 5.97 Å². The molecule has 1 rings (SSSR count). The van der Waals surface area contributed by atoms with Gasteiger partial charge in [0.05, 0.1) is 11.3 Å². The van der Waals surface area contributed by atoms with E-state index in [4.69, 9.17) is 5.11 Å². The first-order valence-corrected chi connectivity index (χ1v) is 5.79. The molecule has 0 aromatic carbocycles. The molecule has 5 nitrogen and oxygen atoms in total. The fraction of sp³-hybridized carbons (Fsp3) is 0.462. The lowest BCUT2D eigenvalue weighted by atomic mass is 10.1. The average molecular weight is 250 g/mol. The van der Waals surface area contributed by atoms with Crippen LogP contribution in [0.1, 0.15) is 40.4 Å². The number of hydrogen-bond acceptors (Lipinski definition) is 3. The molecular weight excluding hydrogens is 232 g/mol. The van der Waals surface area contributed by atoms with Crippen LogP contribution in [0, 0.1) is 12.8 Å². The first-order valence-electron chi connectivity index (χ1n) is 5.79. The number of aryl methyl sites for hydroxylation is 1. The fourth-order valence-electron chi connectivity index (χ4n) is 1.73. The van der Waals surface area contributed by atoms with Crippen molar-refractivity contribution < 1.29 is 14.7 Å². The van der Waals surface area contributed by atoms with E-state index in [0.717, 1.165) is 0 Å². The second-order valence-corrected chi connectivity index (χ2v) is 4.71. The van der Waals surface area contributed by atoms with Crippen LogP contribution in [-0.2, 0) is 0 Å². The Hall–Kier alpha value is -1.91. The minimum atomic E-state index is -1.03. The van der Waals surface area contributed by atoms with Crippen molar-refractivity contribution in [3.8, 4) is 0 Å². The lowest BCUT2D eigenvalue weighted by Crippen LogP contribution is -2.31. The van der Waals surface area contributed by atoms with Gasteiger partial charge in [0, 0.05) is 13.6 Å². The van der Waals surface area contributed by atoms with Crippen LogP contribution >= 0.6 is 0 Å². The van der Waals surface area contributed by atoms with Crippen LogP contribution in [0.3, 0.4) is 0 Å². The Bertz CT molecular complexity index is 469. The van der Waals surface area contributed by atoms with Crippen molar-refractivity contribution in [3.63, 3.8) is 0 Å². The maximum Gasteiger partial charge on any atom is 0.337 e. The summed E-state index contributed by atoms with van der Waals surface area (Å²) in [6.07, 6.45) is 0. The molecule has 1 amide bonds. The number of rotatable bonds is 4. The van der Waals surface area contributed by atoms with Gasteiger partial charge in [-0.25, -0.2) is 9.78 Å². The second-order valence-electron chi connectivity index (χ2n) is 4.71. The van der Waals surface area contributed by atoms with Gasteiger partial charge in [-0.05, 0) is 25.0 Å². The van der Waals surface area contributed by atoms with Gasteiger partial charge in [0.15, 0.2) is 0 Å². The molecule has 0 bridgehead atoms. The maximum absolute atomic E-state index is 12.0. The molecular formula is C13H18N2O3. The summed E-state index contributed by atoms with van der Waals surface area (Å²) >= 11 is 0. The van der Waals surface area contributed by atoms with E-state index >= 15 is 0 Å². The highest BCUT2D eigenvalue weighted by Crippen LogP contribution is 2.09. The number of hydrogen-bond donors (Lipinski definition) is 1. The Morgan fingerprint density at radius 3 is 2.44 bits per heavy atom. The Morgan fingerprint density at radius 1 is 1.39 bits per heavy atom. The zero-order chi connectivity index (χ0) is 13.9. The van der Waals surface area contributed by atoms with Crippen LogP contribution in [0.4, 0.5) is 0 Å². The van der Waals surface area contributed by atoms with Crippen molar-refractivity contribution in [2.24, 2.45) is 5.92 Å². The molecule has 0 aliphatic rings. The van der Waals surface area contributed by atoms with E-state index in [1.165, 1.54) is 12.1 Å². The van der Waals surface area contributed by atoms with Crippen LogP contribution in [-0.4, -0.2) is 40.5 Å². The van der Waals surface area contributed by atoms with Crippen molar-refractivity contribution >= 4 is 11.9 Å². The largest absolute Gasteiger partial charge is 0.478 e. The van der Waals surface area contributed by atoms with Crippen molar-refractivity contribution in [2.45, 2.75) is 20.8 Å². The van der Waals surface area contributed by atoms with Crippen LogP contribution < -0.4 is 0 Å². The van der Waals surface area contributed by atoms with Crippen LogP contribution in [0.5, 0.6) is 0 Å². The molecule has 1 aromatic heterocycles. The predicted octanol–water partition coefficient (Wildman–Crippen LogP) is 1.82. The second kappa shape index (κ2) is 5.62. The third-order valence-corrected chi connectivity index (χ3v) is 2.52. The lowest BCUT2D eigenvalue weighted by molar-refractivity contribution is 0.0692. The lowest BCUT2D eigenvalue weighted by Gasteiger charge is -2.19. The zero-order valence-electron chi connectivity index (χ0n) is 11.1. The first kappa shape index (κ1) is 14.2. The van der Waals surface area contributed by atoms with Crippen molar-refractivity contribution in [1.82, 2.24) is 9.88 Å². The average Bonchev–Trinajstić information content (AvgIpc) is 2.26. The minimum absolute atomic E-state index is 0.123. The quantitative estimate of drug-likeness (QED) is 0.884. The molecule has 0 saturated heterocycles. The van der Waals surface area contributed by atoms with E-state index in [0.29, 0.717) is 18.2 Å². The van der Waals surface area contributed by atoms with E-state index in [1.54, 1.807) is 18.9 Å². The maximum atomic E-state index is 12.0. The Balaban J connectivity index is 2.94. The number of nitrogens with zero attached hydrogens (tertiary/aromatic N) is 2. The molecule has 98 valence electrons. The van der Waals surface area contributed by atoms with E-state index in [2.05, 4.69) is 4.98 Å². The molecule has 5 heteroatoms. The summed E-state index contributed by atoms with van der Waals surface area (Å²) < 4.78 is 0. The summed E-state index contributed by atoms with van der Waals surface area (Å²) in [7, 11) is 1.71. The molecule has 0 atom stereocenters. The zero-order valence-corrected chi connectivity index (χ0v) is 11.1. The van der Waals surface area contributed by atoms with Gasteiger partial charge in [0.2, 0.25) is 0 Å². The molecule has 18 heavy (non-hydrogen) atoms. The SMILES string of the molecule is Cc1nc(C(=O)N(C)CC(C)C)ccc1C(=O)O. The van der Waals surface area contributed by atoms with Crippen LogP contribution in [0.2, 0.25) is 0 Å². The number of amides is 1. The normalized spacial score (nSPS) is 10.5. The first-order chi connectivity index (χ1) is 8.32. The summed E-state index contributed by atoms with van der Waals surface area (Å²) in [4.78, 5) is 28.5.